The number of piperidine rings is 1. The van der Waals surface area contributed by atoms with Gasteiger partial charge in [0.05, 0.1) is 16.4 Å². The van der Waals surface area contributed by atoms with Gasteiger partial charge < -0.3 is 9.64 Å². The lowest BCUT2D eigenvalue weighted by molar-refractivity contribution is 0.299. The number of aliphatic imine (C=N–C) groups is 1. The van der Waals surface area contributed by atoms with Crippen LogP contribution in [0.4, 0.5) is 15.8 Å². The molecule has 0 spiro atoms. The highest BCUT2D eigenvalue weighted by molar-refractivity contribution is 6.33. The van der Waals surface area contributed by atoms with E-state index in [4.69, 9.17) is 16.3 Å². The first-order chi connectivity index (χ1) is 14.7. The van der Waals surface area contributed by atoms with E-state index >= 15 is 0 Å². The van der Waals surface area contributed by atoms with Crippen LogP contribution in [0.15, 0.2) is 71.7 Å². The molecule has 3 aromatic rings. The first-order valence-corrected chi connectivity index (χ1v) is 10.6. The van der Waals surface area contributed by atoms with Crippen molar-refractivity contribution in [2.45, 2.75) is 25.9 Å². The van der Waals surface area contributed by atoms with Gasteiger partial charge in [-0.15, -0.1) is 0 Å². The molecule has 1 aliphatic heterocycles. The fourth-order valence-corrected chi connectivity index (χ4v) is 3.90. The van der Waals surface area contributed by atoms with Crippen LogP contribution in [0, 0.1) is 5.82 Å². The van der Waals surface area contributed by atoms with Gasteiger partial charge in [-0.1, -0.05) is 41.9 Å². The molecule has 0 amide bonds. The molecular formula is C25H24ClFN2O. The summed E-state index contributed by atoms with van der Waals surface area (Å²) >= 11 is 6.53. The van der Waals surface area contributed by atoms with Crippen LogP contribution < -0.4 is 9.64 Å². The van der Waals surface area contributed by atoms with E-state index in [0.717, 1.165) is 35.1 Å². The second-order valence-electron chi connectivity index (χ2n) is 7.36. The van der Waals surface area contributed by atoms with Crippen LogP contribution in [0.2, 0.25) is 5.02 Å². The quantitative estimate of drug-likeness (QED) is 0.408. The summed E-state index contributed by atoms with van der Waals surface area (Å²) in [5.41, 5.74) is 3.20. The molecule has 0 saturated carbocycles. The van der Waals surface area contributed by atoms with Gasteiger partial charge >= 0.3 is 0 Å². The van der Waals surface area contributed by atoms with Crippen molar-refractivity contribution in [3.8, 4) is 5.75 Å². The summed E-state index contributed by atoms with van der Waals surface area (Å²) in [7, 11) is 0. The monoisotopic (exact) mass is 422 g/mol. The van der Waals surface area contributed by atoms with Gasteiger partial charge in [0.1, 0.15) is 18.2 Å². The van der Waals surface area contributed by atoms with Crippen LogP contribution in [0.5, 0.6) is 5.75 Å². The van der Waals surface area contributed by atoms with E-state index in [0.29, 0.717) is 11.3 Å². The maximum atomic E-state index is 13.8. The van der Waals surface area contributed by atoms with E-state index in [9.17, 15) is 4.39 Å². The van der Waals surface area contributed by atoms with Crippen LogP contribution in [-0.4, -0.2) is 19.3 Å². The van der Waals surface area contributed by atoms with Crippen LogP contribution in [0.25, 0.3) is 0 Å². The fraction of sp³-hybridized carbons (Fsp3) is 0.240. The van der Waals surface area contributed by atoms with Gasteiger partial charge in [0.15, 0.2) is 0 Å². The fourth-order valence-electron chi connectivity index (χ4n) is 3.60. The van der Waals surface area contributed by atoms with Gasteiger partial charge in [0.2, 0.25) is 0 Å². The molecule has 1 saturated heterocycles. The molecule has 154 valence electrons. The second-order valence-corrected chi connectivity index (χ2v) is 7.77. The maximum absolute atomic E-state index is 13.8. The average molecular weight is 423 g/mol. The number of nitrogens with zero attached hydrogens (tertiary/aromatic N) is 2. The summed E-state index contributed by atoms with van der Waals surface area (Å²) < 4.78 is 19.7. The van der Waals surface area contributed by atoms with Crippen molar-refractivity contribution in [1.82, 2.24) is 0 Å². The zero-order valence-electron chi connectivity index (χ0n) is 16.7. The van der Waals surface area contributed by atoms with E-state index < -0.39 is 0 Å². The Morgan fingerprint density at radius 2 is 1.73 bits per heavy atom. The molecule has 0 aliphatic carbocycles. The molecule has 1 aliphatic rings. The normalized spacial score (nSPS) is 14.3. The van der Waals surface area contributed by atoms with Crippen LogP contribution in [0.1, 0.15) is 30.4 Å². The lowest BCUT2D eigenvalue weighted by atomic mass is 10.1. The molecule has 1 heterocycles. The molecule has 1 fully saturated rings. The minimum atomic E-state index is -0.271. The number of halogens is 2. The molecule has 0 N–H and O–H groups in total. The van der Waals surface area contributed by atoms with Crippen molar-refractivity contribution in [3.05, 3.63) is 88.7 Å². The van der Waals surface area contributed by atoms with E-state index in [-0.39, 0.29) is 12.4 Å². The first-order valence-electron chi connectivity index (χ1n) is 10.2. The van der Waals surface area contributed by atoms with Gasteiger partial charge in [0, 0.05) is 30.4 Å². The predicted octanol–water partition coefficient (Wildman–Crippen LogP) is 6.80. The lowest BCUT2D eigenvalue weighted by Gasteiger charge is -2.29. The average Bonchev–Trinajstić information content (AvgIpc) is 2.78. The van der Waals surface area contributed by atoms with Crippen LogP contribution in [-0.2, 0) is 6.61 Å². The molecule has 5 heteroatoms. The van der Waals surface area contributed by atoms with E-state index in [1.807, 2.05) is 42.5 Å². The SMILES string of the molecule is Fc1ccccc1COc1ccccc1C=Nc1ccc(N2CCCCC2)c(Cl)c1. The standard InChI is InChI=1S/C25H24ClFN2O/c26-22-16-21(12-13-24(22)29-14-6-1-7-15-29)28-17-19-8-3-5-11-25(19)30-18-20-9-2-4-10-23(20)27/h2-5,8-13,16-17H,1,6-7,14-15,18H2. The Hall–Kier alpha value is -2.85. The van der Waals surface area contributed by atoms with Gasteiger partial charge in [-0.2, -0.15) is 0 Å². The molecule has 0 aromatic heterocycles. The summed E-state index contributed by atoms with van der Waals surface area (Å²) in [5.74, 6) is 0.382. The van der Waals surface area contributed by atoms with Crippen LogP contribution >= 0.6 is 11.6 Å². The van der Waals surface area contributed by atoms with Crippen molar-refractivity contribution in [3.63, 3.8) is 0 Å². The Bertz CT molecular complexity index is 1030. The van der Waals surface area contributed by atoms with Crippen molar-refractivity contribution in [2.75, 3.05) is 18.0 Å². The molecule has 0 atom stereocenters. The Balaban J connectivity index is 1.47. The molecule has 3 aromatic carbocycles. The highest BCUT2D eigenvalue weighted by Crippen LogP contribution is 2.32. The van der Waals surface area contributed by atoms with E-state index in [1.54, 1.807) is 24.4 Å². The highest BCUT2D eigenvalue weighted by atomic mass is 35.5. The van der Waals surface area contributed by atoms with Gasteiger partial charge in [-0.05, 0) is 55.7 Å². The van der Waals surface area contributed by atoms with Gasteiger partial charge in [0.25, 0.3) is 0 Å². The summed E-state index contributed by atoms with van der Waals surface area (Å²) in [5, 5.41) is 0.718. The maximum Gasteiger partial charge on any atom is 0.129 e. The number of ether oxygens (including phenoxy) is 1. The third-order valence-electron chi connectivity index (χ3n) is 5.24. The Morgan fingerprint density at radius 3 is 2.53 bits per heavy atom. The smallest absolute Gasteiger partial charge is 0.129 e. The Labute approximate surface area is 181 Å². The molecule has 4 rings (SSSR count). The van der Waals surface area contributed by atoms with Crippen molar-refractivity contribution >= 4 is 29.2 Å². The minimum Gasteiger partial charge on any atom is -0.488 e. The zero-order valence-corrected chi connectivity index (χ0v) is 17.5. The zero-order chi connectivity index (χ0) is 20.8. The lowest BCUT2D eigenvalue weighted by Crippen LogP contribution is -2.29. The highest BCUT2D eigenvalue weighted by Gasteiger charge is 2.14. The Morgan fingerprint density at radius 1 is 0.967 bits per heavy atom. The number of hydrogen-bond donors (Lipinski definition) is 0. The van der Waals surface area contributed by atoms with Crippen molar-refractivity contribution < 1.29 is 9.13 Å². The van der Waals surface area contributed by atoms with Crippen LogP contribution in [0.3, 0.4) is 0 Å². The number of hydrogen-bond acceptors (Lipinski definition) is 3. The topological polar surface area (TPSA) is 24.8 Å². The summed E-state index contributed by atoms with van der Waals surface area (Å²) in [6.45, 7) is 2.26. The number of rotatable bonds is 6. The Kier molecular flexibility index (Phi) is 6.65. The number of para-hydroxylation sites is 1. The van der Waals surface area contributed by atoms with E-state index in [1.165, 1.54) is 25.3 Å². The van der Waals surface area contributed by atoms with Gasteiger partial charge in [-0.25, -0.2) is 4.39 Å². The molecule has 3 nitrogen and oxygen atoms in total. The minimum absolute atomic E-state index is 0.161. The number of benzene rings is 3. The molecule has 0 unspecified atom stereocenters. The summed E-state index contributed by atoms with van der Waals surface area (Å²) in [6, 6.07) is 20.1. The largest absolute Gasteiger partial charge is 0.488 e. The number of anilines is 1. The predicted molar refractivity (Wildman–Crippen MR) is 122 cm³/mol. The molecule has 0 radical (unpaired) electrons. The molecule has 30 heavy (non-hydrogen) atoms. The first kappa shape index (κ1) is 20.4. The third kappa shape index (κ3) is 5.00. The van der Waals surface area contributed by atoms with E-state index in [2.05, 4.69) is 9.89 Å². The molecular weight excluding hydrogens is 399 g/mol. The van der Waals surface area contributed by atoms with Gasteiger partial charge in [-0.3, -0.25) is 4.99 Å². The van der Waals surface area contributed by atoms with Crippen molar-refractivity contribution in [1.29, 1.82) is 0 Å². The summed E-state index contributed by atoms with van der Waals surface area (Å²) in [6.07, 6.45) is 5.46. The van der Waals surface area contributed by atoms with Crippen molar-refractivity contribution in [2.24, 2.45) is 4.99 Å². The third-order valence-corrected chi connectivity index (χ3v) is 5.54. The second kappa shape index (κ2) is 9.77. The summed E-state index contributed by atoms with van der Waals surface area (Å²) in [4.78, 5) is 6.91. The molecule has 0 bridgehead atoms.